The number of hydrogen-bond donors (Lipinski definition) is 0. The first-order valence-electron chi connectivity index (χ1n) is 5.72. The molecule has 3 rings (SSSR count). The van der Waals surface area contributed by atoms with Gasteiger partial charge in [-0.1, -0.05) is 0 Å². The quantitative estimate of drug-likeness (QED) is 0.760. The number of carbonyl (C=O) groups is 1. The van der Waals surface area contributed by atoms with Gasteiger partial charge >= 0.3 is 0 Å². The van der Waals surface area contributed by atoms with Gasteiger partial charge in [0.1, 0.15) is 12.1 Å². The van der Waals surface area contributed by atoms with E-state index in [9.17, 15) is 13.2 Å². The van der Waals surface area contributed by atoms with E-state index in [0.717, 1.165) is 17.6 Å². The Morgan fingerprint density at radius 1 is 1.44 bits per heavy atom. The summed E-state index contributed by atoms with van der Waals surface area (Å²) in [4.78, 5) is 15.0. The third-order valence-electron chi connectivity index (χ3n) is 3.32. The van der Waals surface area contributed by atoms with E-state index in [1.165, 1.54) is 0 Å². The topological polar surface area (TPSA) is 68.5 Å². The van der Waals surface area contributed by atoms with Crippen molar-refractivity contribution in [3.8, 4) is 0 Å². The van der Waals surface area contributed by atoms with Gasteiger partial charge in [-0.3, -0.25) is 4.79 Å². The maximum absolute atomic E-state index is 11.5. The number of imidazole rings is 1. The predicted molar refractivity (Wildman–Crippen MR) is 66.6 cm³/mol. The van der Waals surface area contributed by atoms with E-state index in [2.05, 4.69) is 4.98 Å². The van der Waals surface area contributed by atoms with E-state index in [-0.39, 0.29) is 17.4 Å². The highest BCUT2D eigenvalue weighted by atomic mass is 32.2. The largest absolute Gasteiger partial charge is 0.303 e. The lowest BCUT2D eigenvalue weighted by atomic mass is 10.1. The van der Waals surface area contributed by atoms with Crippen LogP contribution in [0.2, 0.25) is 0 Å². The average molecular weight is 264 g/mol. The number of nitrogens with zero attached hydrogens (tertiary/aromatic N) is 2. The highest BCUT2D eigenvalue weighted by Crippen LogP contribution is 2.28. The van der Waals surface area contributed by atoms with Gasteiger partial charge in [-0.2, -0.15) is 0 Å². The predicted octanol–water partition coefficient (Wildman–Crippen LogP) is 1.05. The Morgan fingerprint density at radius 3 is 2.94 bits per heavy atom. The minimum atomic E-state index is -2.91. The van der Waals surface area contributed by atoms with Crippen molar-refractivity contribution in [3.05, 3.63) is 35.9 Å². The van der Waals surface area contributed by atoms with Crippen LogP contribution in [0.3, 0.4) is 0 Å². The van der Waals surface area contributed by atoms with E-state index in [1.807, 2.05) is 4.40 Å². The second-order valence-corrected chi connectivity index (χ2v) is 6.82. The monoisotopic (exact) mass is 264 g/mol. The van der Waals surface area contributed by atoms with Crippen LogP contribution in [0.25, 0.3) is 5.52 Å². The van der Waals surface area contributed by atoms with Crippen molar-refractivity contribution in [2.24, 2.45) is 0 Å². The molecule has 1 saturated heterocycles. The fraction of sp³-hybridized carbons (Fsp3) is 0.333. The SMILES string of the molecule is O=Cc1ccn2c(C3CCS(=O)(=O)C3)ncc2c1. The Hall–Kier alpha value is -1.69. The third-order valence-corrected chi connectivity index (χ3v) is 5.09. The molecule has 18 heavy (non-hydrogen) atoms. The van der Waals surface area contributed by atoms with Crippen molar-refractivity contribution in [1.29, 1.82) is 0 Å². The van der Waals surface area contributed by atoms with Crippen LogP contribution in [0.15, 0.2) is 24.5 Å². The van der Waals surface area contributed by atoms with Crippen LogP contribution in [0.4, 0.5) is 0 Å². The number of aldehydes is 1. The van der Waals surface area contributed by atoms with Crippen molar-refractivity contribution < 1.29 is 13.2 Å². The number of rotatable bonds is 2. The smallest absolute Gasteiger partial charge is 0.151 e. The fourth-order valence-corrected chi connectivity index (χ4v) is 4.15. The molecule has 1 unspecified atom stereocenters. The number of sulfone groups is 1. The van der Waals surface area contributed by atoms with Gasteiger partial charge in [-0.05, 0) is 18.6 Å². The summed E-state index contributed by atoms with van der Waals surface area (Å²) in [5.74, 6) is 1.13. The second-order valence-electron chi connectivity index (χ2n) is 4.59. The molecule has 0 N–H and O–H groups in total. The Bertz CT molecular complexity index is 718. The van der Waals surface area contributed by atoms with Crippen LogP contribution in [0, 0.1) is 0 Å². The molecule has 2 aromatic heterocycles. The van der Waals surface area contributed by atoms with Gasteiger partial charge in [0.05, 0.1) is 23.2 Å². The first-order chi connectivity index (χ1) is 8.59. The summed E-state index contributed by atoms with van der Waals surface area (Å²) in [7, 11) is -2.91. The number of aromatic nitrogens is 2. The number of hydrogen-bond acceptors (Lipinski definition) is 4. The van der Waals surface area contributed by atoms with Crippen LogP contribution in [0.1, 0.15) is 28.5 Å². The molecule has 0 aliphatic carbocycles. The molecular weight excluding hydrogens is 252 g/mol. The highest BCUT2D eigenvalue weighted by Gasteiger charge is 2.31. The zero-order valence-corrected chi connectivity index (χ0v) is 10.4. The molecule has 0 saturated carbocycles. The molecule has 1 aliphatic heterocycles. The molecule has 0 amide bonds. The molecule has 0 aromatic carbocycles. The molecule has 3 heterocycles. The van der Waals surface area contributed by atoms with Gasteiger partial charge < -0.3 is 4.40 Å². The van der Waals surface area contributed by atoms with Gasteiger partial charge in [0.2, 0.25) is 0 Å². The van der Waals surface area contributed by atoms with Crippen molar-refractivity contribution in [1.82, 2.24) is 9.38 Å². The molecule has 0 bridgehead atoms. The molecule has 1 aliphatic rings. The van der Waals surface area contributed by atoms with E-state index >= 15 is 0 Å². The van der Waals surface area contributed by atoms with Crippen molar-refractivity contribution >= 4 is 21.6 Å². The van der Waals surface area contributed by atoms with Gasteiger partial charge in [0, 0.05) is 17.7 Å². The lowest BCUT2D eigenvalue weighted by molar-refractivity contribution is 0.112. The number of carbonyl (C=O) groups excluding carboxylic acids is 1. The Labute approximate surface area is 104 Å². The molecule has 2 aromatic rings. The number of pyridine rings is 1. The van der Waals surface area contributed by atoms with E-state index in [1.54, 1.807) is 24.5 Å². The van der Waals surface area contributed by atoms with Gasteiger partial charge in [-0.25, -0.2) is 13.4 Å². The van der Waals surface area contributed by atoms with Crippen LogP contribution in [-0.4, -0.2) is 35.6 Å². The average Bonchev–Trinajstić information content (AvgIpc) is 2.91. The first kappa shape index (κ1) is 11.4. The molecule has 0 spiro atoms. The van der Waals surface area contributed by atoms with Crippen LogP contribution >= 0.6 is 0 Å². The summed E-state index contributed by atoms with van der Waals surface area (Å²) in [5, 5.41) is 0. The molecule has 5 nitrogen and oxygen atoms in total. The van der Waals surface area contributed by atoms with Crippen molar-refractivity contribution in [2.45, 2.75) is 12.3 Å². The Morgan fingerprint density at radius 2 is 2.28 bits per heavy atom. The zero-order valence-electron chi connectivity index (χ0n) is 9.61. The first-order valence-corrected chi connectivity index (χ1v) is 7.54. The minimum Gasteiger partial charge on any atom is -0.303 e. The van der Waals surface area contributed by atoms with Crippen LogP contribution < -0.4 is 0 Å². The maximum Gasteiger partial charge on any atom is 0.151 e. The van der Waals surface area contributed by atoms with E-state index < -0.39 is 9.84 Å². The van der Waals surface area contributed by atoms with Gasteiger partial charge in [0.25, 0.3) is 0 Å². The summed E-state index contributed by atoms with van der Waals surface area (Å²) in [6.45, 7) is 0. The third kappa shape index (κ3) is 1.82. The van der Waals surface area contributed by atoms with Crippen LogP contribution in [-0.2, 0) is 9.84 Å². The lowest BCUT2D eigenvalue weighted by Crippen LogP contribution is -2.07. The maximum atomic E-state index is 11.5. The summed E-state index contributed by atoms with van der Waals surface area (Å²) in [5.41, 5.74) is 1.41. The van der Waals surface area contributed by atoms with Gasteiger partial charge in [0.15, 0.2) is 9.84 Å². The summed E-state index contributed by atoms with van der Waals surface area (Å²) in [6, 6.07) is 3.45. The highest BCUT2D eigenvalue weighted by molar-refractivity contribution is 7.91. The van der Waals surface area contributed by atoms with Crippen LogP contribution in [0.5, 0.6) is 0 Å². The summed E-state index contributed by atoms with van der Waals surface area (Å²) >= 11 is 0. The second kappa shape index (κ2) is 3.91. The molecule has 0 radical (unpaired) electrons. The summed E-state index contributed by atoms with van der Waals surface area (Å²) in [6.07, 6.45) is 4.85. The molecular formula is C12H12N2O3S. The molecule has 1 atom stereocenters. The standard InChI is InChI=1S/C12H12N2O3S/c15-7-9-1-3-14-11(5-9)6-13-12(14)10-2-4-18(16,17)8-10/h1,3,5-7,10H,2,4,8H2. The Balaban J connectivity index is 2.06. The lowest BCUT2D eigenvalue weighted by Gasteiger charge is -2.06. The molecule has 6 heteroatoms. The van der Waals surface area contributed by atoms with Crippen molar-refractivity contribution in [2.75, 3.05) is 11.5 Å². The van der Waals surface area contributed by atoms with Gasteiger partial charge in [-0.15, -0.1) is 0 Å². The minimum absolute atomic E-state index is 0.0421. The normalized spacial score (nSPS) is 22.3. The zero-order chi connectivity index (χ0) is 12.8. The molecule has 1 fully saturated rings. The number of fused-ring (bicyclic) bond motifs is 1. The van der Waals surface area contributed by atoms with Crippen molar-refractivity contribution in [3.63, 3.8) is 0 Å². The molecule has 94 valence electrons. The van der Waals surface area contributed by atoms with E-state index in [4.69, 9.17) is 0 Å². The van der Waals surface area contributed by atoms with E-state index in [0.29, 0.717) is 12.0 Å². The summed E-state index contributed by atoms with van der Waals surface area (Å²) < 4.78 is 24.8. The Kier molecular flexibility index (Phi) is 2.48. The fourth-order valence-electron chi connectivity index (χ4n) is 2.41.